The first-order valence-corrected chi connectivity index (χ1v) is 9.92. The topological polar surface area (TPSA) is 158 Å². The highest BCUT2D eigenvalue weighted by atomic mass is 32.2. The zero-order valence-corrected chi connectivity index (χ0v) is 17.0. The molecule has 0 saturated carbocycles. The van der Waals surface area contributed by atoms with Crippen LogP contribution in [-0.2, 0) is 24.3 Å². The van der Waals surface area contributed by atoms with Gasteiger partial charge >= 0.3 is 11.9 Å². The molecular formula is C18H21N3O7S. The molecule has 0 aliphatic rings. The predicted molar refractivity (Wildman–Crippen MR) is 103 cm³/mol. The molecule has 10 nitrogen and oxygen atoms in total. The number of anilines is 1. The molecule has 11 heteroatoms. The van der Waals surface area contributed by atoms with Crippen molar-refractivity contribution in [2.75, 3.05) is 12.4 Å². The average molecular weight is 423 g/mol. The molecule has 4 N–H and O–H groups in total. The highest BCUT2D eigenvalue weighted by Gasteiger charge is 2.26. The fraction of sp³-hybridized carbons (Fsp3) is 0.278. The molecule has 1 unspecified atom stereocenters. The van der Waals surface area contributed by atoms with Crippen LogP contribution in [0.1, 0.15) is 39.0 Å². The summed E-state index contributed by atoms with van der Waals surface area (Å²) in [6.07, 6.45) is -1.16. The maximum absolute atomic E-state index is 12.4. The van der Waals surface area contributed by atoms with Crippen molar-refractivity contribution in [3.63, 3.8) is 0 Å². The van der Waals surface area contributed by atoms with Crippen molar-refractivity contribution in [3.8, 4) is 0 Å². The second kappa shape index (κ2) is 8.45. The molecule has 1 aromatic heterocycles. The molecule has 29 heavy (non-hydrogen) atoms. The van der Waals surface area contributed by atoms with E-state index >= 15 is 0 Å². The van der Waals surface area contributed by atoms with Gasteiger partial charge in [-0.2, -0.15) is 0 Å². The van der Waals surface area contributed by atoms with E-state index in [9.17, 15) is 22.8 Å². The molecule has 1 amide bonds. The number of nitrogens with one attached hydrogen (secondary N) is 2. The SMILES string of the molecule is COC(=O)c1c(C)[nH]c(C(=O)OC(C)C(=O)Nc2ccc(S(N)(=O)=O)cc2)c1C. The normalized spacial score (nSPS) is 12.2. The van der Waals surface area contributed by atoms with Crippen LogP contribution in [0.5, 0.6) is 0 Å². The summed E-state index contributed by atoms with van der Waals surface area (Å²) in [4.78, 5) is 39.1. The van der Waals surface area contributed by atoms with Gasteiger partial charge in [0.2, 0.25) is 10.0 Å². The van der Waals surface area contributed by atoms with E-state index in [4.69, 9.17) is 9.88 Å². The minimum Gasteiger partial charge on any atom is -0.465 e. The number of hydrogen-bond acceptors (Lipinski definition) is 7. The van der Waals surface area contributed by atoms with Gasteiger partial charge in [-0.1, -0.05) is 0 Å². The quantitative estimate of drug-likeness (QED) is 0.590. The van der Waals surface area contributed by atoms with E-state index < -0.39 is 34.0 Å². The Morgan fingerprint density at radius 1 is 1.10 bits per heavy atom. The second-order valence-electron chi connectivity index (χ2n) is 6.22. The number of esters is 2. The summed E-state index contributed by atoms with van der Waals surface area (Å²) in [5.74, 6) is -2.03. The van der Waals surface area contributed by atoms with Gasteiger partial charge in [-0.3, -0.25) is 4.79 Å². The van der Waals surface area contributed by atoms with E-state index in [1.165, 1.54) is 38.3 Å². The van der Waals surface area contributed by atoms with Crippen LogP contribution < -0.4 is 10.5 Å². The van der Waals surface area contributed by atoms with Crippen LogP contribution in [0.3, 0.4) is 0 Å². The summed E-state index contributed by atoms with van der Waals surface area (Å²) < 4.78 is 32.3. The van der Waals surface area contributed by atoms with Gasteiger partial charge in [0.15, 0.2) is 6.10 Å². The molecule has 0 saturated heterocycles. The Morgan fingerprint density at radius 3 is 2.21 bits per heavy atom. The number of methoxy groups -OCH3 is 1. The Kier molecular flexibility index (Phi) is 6.44. The number of hydrogen-bond donors (Lipinski definition) is 3. The maximum atomic E-state index is 12.4. The molecule has 0 fully saturated rings. The largest absolute Gasteiger partial charge is 0.465 e. The van der Waals surface area contributed by atoms with E-state index in [2.05, 4.69) is 15.0 Å². The van der Waals surface area contributed by atoms with Gasteiger partial charge < -0.3 is 19.8 Å². The van der Waals surface area contributed by atoms with E-state index in [1.54, 1.807) is 13.8 Å². The van der Waals surface area contributed by atoms with Gasteiger partial charge in [0.25, 0.3) is 5.91 Å². The summed E-state index contributed by atoms with van der Waals surface area (Å²) in [5, 5.41) is 7.51. The number of primary sulfonamides is 1. The van der Waals surface area contributed by atoms with Crippen molar-refractivity contribution in [3.05, 3.63) is 46.8 Å². The smallest absolute Gasteiger partial charge is 0.355 e. The number of ether oxygens (including phenoxy) is 2. The van der Waals surface area contributed by atoms with E-state index in [-0.39, 0.29) is 16.2 Å². The van der Waals surface area contributed by atoms with Crippen LogP contribution >= 0.6 is 0 Å². The maximum Gasteiger partial charge on any atom is 0.355 e. The molecule has 0 aliphatic heterocycles. The lowest BCUT2D eigenvalue weighted by atomic mass is 10.1. The Labute approximate surface area is 167 Å². The second-order valence-corrected chi connectivity index (χ2v) is 7.78. The zero-order valence-electron chi connectivity index (χ0n) is 16.2. The molecule has 1 aromatic carbocycles. The van der Waals surface area contributed by atoms with Crippen molar-refractivity contribution < 1.29 is 32.3 Å². The Morgan fingerprint density at radius 2 is 1.69 bits per heavy atom. The molecule has 1 atom stereocenters. The van der Waals surface area contributed by atoms with Crippen LogP contribution in [0.15, 0.2) is 29.2 Å². The number of aromatic nitrogens is 1. The first kappa shape index (κ1) is 22.1. The Bertz CT molecular complexity index is 1060. The van der Waals surface area contributed by atoms with Crippen molar-refractivity contribution in [2.45, 2.75) is 31.8 Å². The van der Waals surface area contributed by atoms with Gasteiger partial charge in [0.1, 0.15) is 5.69 Å². The van der Waals surface area contributed by atoms with E-state index in [1.807, 2.05) is 0 Å². The summed E-state index contributed by atoms with van der Waals surface area (Å²) in [6, 6.07) is 5.18. The number of aromatic amines is 1. The molecular weight excluding hydrogens is 402 g/mol. The molecule has 1 heterocycles. The van der Waals surface area contributed by atoms with Crippen LogP contribution in [0.25, 0.3) is 0 Å². The first-order chi connectivity index (χ1) is 13.5. The van der Waals surface area contributed by atoms with Gasteiger partial charge in [-0.05, 0) is 50.6 Å². The van der Waals surface area contributed by atoms with Gasteiger partial charge in [-0.15, -0.1) is 0 Å². The number of aryl methyl sites for hydroxylation is 1. The zero-order chi connectivity index (χ0) is 21.9. The Hall–Kier alpha value is -3.18. The summed E-state index contributed by atoms with van der Waals surface area (Å²) in [5.41, 5.74) is 1.36. The lowest BCUT2D eigenvalue weighted by Gasteiger charge is -2.13. The summed E-state index contributed by atoms with van der Waals surface area (Å²) in [6.45, 7) is 4.54. The number of benzene rings is 1. The average Bonchev–Trinajstić information content (AvgIpc) is 2.95. The number of sulfonamides is 1. The third kappa shape index (κ3) is 5.00. The van der Waals surface area contributed by atoms with Gasteiger partial charge in [-0.25, -0.2) is 23.1 Å². The van der Waals surface area contributed by atoms with Crippen LogP contribution in [0.2, 0.25) is 0 Å². The van der Waals surface area contributed by atoms with Crippen molar-refractivity contribution in [2.24, 2.45) is 5.14 Å². The lowest BCUT2D eigenvalue weighted by Crippen LogP contribution is -2.30. The number of amides is 1. The predicted octanol–water partition coefficient (Wildman–Crippen LogP) is 1.25. The molecule has 2 rings (SSSR count). The third-order valence-electron chi connectivity index (χ3n) is 4.13. The summed E-state index contributed by atoms with van der Waals surface area (Å²) in [7, 11) is -2.61. The fourth-order valence-electron chi connectivity index (χ4n) is 2.61. The van der Waals surface area contributed by atoms with E-state index in [0.717, 1.165) is 0 Å². The highest BCUT2D eigenvalue weighted by Crippen LogP contribution is 2.20. The fourth-order valence-corrected chi connectivity index (χ4v) is 3.12. The Balaban J connectivity index is 2.08. The van der Waals surface area contributed by atoms with Crippen LogP contribution in [-0.4, -0.2) is 44.5 Å². The standard InChI is InChI=1S/C18H21N3O7S/c1-9-14(17(23)27-4)10(2)20-15(9)18(24)28-11(3)16(22)21-12-5-7-13(8-6-12)29(19,25)26/h5-8,11,20H,1-4H3,(H,21,22)(H2,19,25,26). The van der Waals surface area contributed by atoms with Crippen LogP contribution in [0, 0.1) is 13.8 Å². The highest BCUT2D eigenvalue weighted by molar-refractivity contribution is 7.89. The molecule has 2 aromatic rings. The molecule has 0 spiro atoms. The lowest BCUT2D eigenvalue weighted by molar-refractivity contribution is -0.123. The molecule has 0 radical (unpaired) electrons. The molecule has 0 aliphatic carbocycles. The number of H-pyrrole nitrogens is 1. The van der Waals surface area contributed by atoms with Gasteiger partial charge in [0, 0.05) is 11.4 Å². The van der Waals surface area contributed by atoms with Gasteiger partial charge in [0.05, 0.1) is 17.6 Å². The molecule has 156 valence electrons. The number of carbonyl (C=O) groups excluding carboxylic acids is 3. The minimum absolute atomic E-state index is 0.0417. The van der Waals surface area contributed by atoms with Crippen molar-refractivity contribution in [1.82, 2.24) is 4.98 Å². The minimum atomic E-state index is -3.84. The number of rotatable bonds is 6. The molecule has 0 bridgehead atoms. The number of carbonyl (C=O) groups is 3. The summed E-state index contributed by atoms with van der Waals surface area (Å²) >= 11 is 0. The van der Waals surface area contributed by atoms with Crippen LogP contribution in [0.4, 0.5) is 5.69 Å². The van der Waals surface area contributed by atoms with Crippen molar-refractivity contribution in [1.29, 1.82) is 0 Å². The van der Waals surface area contributed by atoms with E-state index in [0.29, 0.717) is 16.9 Å². The first-order valence-electron chi connectivity index (χ1n) is 8.38. The monoisotopic (exact) mass is 423 g/mol. The van der Waals surface area contributed by atoms with Crippen molar-refractivity contribution >= 4 is 33.6 Å². The number of nitrogens with two attached hydrogens (primary N) is 1. The third-order valence-corrected chi connectivity index (χ3v) is 5.06.